The number of aryl methyl sites for hydroxylation is 1. The second-order valence-corrected chi connectivity index (χ2v) is 4.09. The van der Waals surface area contributed by atoms with Gasteiger partial charge in [-0.25, -0.2) is 4.98 Å². The number of hydrogen-bond acceptors (Lipinski definition) is 3. The summed E-state index contributed by atoms with van der Waals surface area (Å²) in [7, 11) is 0. The van der Waals surface area contributed by atoms with E-state index in [2.05, 4.69) is 38.1 Å². The van der Waals surface area contributed by atoms with Gasteiger partial charge in [-0.05, 0) is 35.0 Å². The van der Waals surface area contributed by atoms with Crippen molar-refractivity contribution in [2.75, 3.05) is 18.4 Å². The van der Waals surface area contributed by atoms with Crippen molar-refractivity contribution < 1.29 is 4.79 Å². The van der Waals surface area contributed by atoms with E-state index in [1.54, 1.807) is 12.1 Å². The lowest BCUT2D eigenvalue weighted by Gasteiger charge is -2.06. The van der Waals surface area contributed by atoms with Crippen LogP contribution in [0.3, 0.4) is 0 Å². The van der Waals surface area contributed by atoms with Gasteiger partial charge in [0, 0.05) is 11.0 Å². The highest BCUT2D eigenvalue weighted by Crippen LogP contribution is 2.15. The van der Waals surface area contributed by atoms with Gasteiger partial charge in [0.05, 0.1) is 12.2 Å². The molecule has 0 spiro atoms. The highest BCUT2D eigenvalue weighted by Gasteiger charge is 2.03. The zero-order valence-electron chi connectivity index (χ0n) is 9.09. The van der Waals surface area contributed by atoms with Crippen LogP contribution in [0.4, 0.5) is 5.82 Å². The average Bonchev–Trinajstić information content (AvgIpc) is 2.24. The van der Waals surface area contributed by atoms with E-state index < -0.39 is 0 Å². The van der Waals surface area contributed by atoms with Gasteiger partial charge in [0.2, 0.25) is 5.91 Å². The minimum Gasteiger partial charge on any atom is -0.310 e. The fourth-order valence-electron chi connectivity index (χ4n) is 1.09. The number of hydrogen-bond donors (Lipinski definition) is 2. The van der Waals surface area contributed by atoms with E-state index in [1.165, 1.54) is 0 Å². The lowest BCUT2D eigenvalue weighted by atomic mass is 10.3. The molecule has 0 aromatic carbocycles. The molecule has 0 aliphatic rings. The summed E-state index contributed by atoms with van der Waals surface area (Å²) in [6.07, 6.45) is 1.70. The first-order chi connectivity index (χ1) is 7.63. The third-order valence-electron chi connectivity index (χ3n) is 1.86. The second-order valence-electron chi connectivity index (χ2n) is 3.23. The van der Waals surface area contributed by atoms with Gasteiger partial charge in [-0.2, -0.15) is 0 Å². The van der Waals surface area contributed by atoms with Crippen molar-refractivity contribution in [3.8, 4) is 0 Å². The van der Waals surface area contributed by atoms with Crippen molar-refractivity contribution >= 4 is 27.7 Å². The van der Waals surface area contributed by atoms with E-state index >= 15 is 0 Å². The maximum absolute atomic E-state index is 11.4. The molecule has 0 saturated heterocycles. The van der Waals surface area contributed by atoms with Crippen molar-refractivity contribution in [2.45, 2.75) is 6.92 Å². The number of rotatable bonds is 5. The number of carbonyl (C=O) groups excluding carboxylic acids is 1. The topological polar surface area (TPSA) is 54.0 Å². The third-order valence-corrected chi connectivity index (χ3v) is 2.70. The molecule has 2 N–H and O–H groups in total. The smallest absolute Gasteiger partial charge is 0.239 e. The monoisotopic (exact) mass is 283 g/mol. The SMILES string of the molecule is C=CCNCC(=O)Nc1ccc(Br)c(C)n1. The number of nitrogens with one attached hydrogen (secondary N) is 2. The molecule has 16 heavy (non-hydrogen) atoms. The summed E-state index contributed by atoms with van der Waals surface area (Å²) < 4.78 is 0.926. The van der Waals surface area contributed by atoms with E-state index in [9.17, 15) is 4.79 Å². The van der Waals surface area contributed by atoms with Gasteiger partial charge < -0.3 is 10.6 Å². The Kier molecular flexibility index (Phi) is 5.14. The summed E-state index contributed by atoms with van der Waals surface area (Å²) in [6.45, 7) is 6.29. The minimum absolute atomic E-state index is 0.115. The molecular weight excluding hydrogens is 270 g/mol. The molecule has 4 nitrogen and oxygen atoms in total. The van der Waals surface area contributed by atoms with Gasteiger partial charge in [-0.1, -0.05) is 6.08 Å². The summed E-state index contributed by atoms with van der Waals surface area (Å²) in [4.78, 5) is 15.6. The molecular formula is C11H14BrN3O. The zero-order valence-corrected chi connectivity index (χ0v) is 10.7. The Labute approximate surface area is 103 Å². The Hall–Kier alpha value is -1.20. The van der Waals surface area contributed by atoms with Crippen LogP contribution in [0.5, 0.6) is 0 Å². The molecule has 1 amide bonds. The molecule has 1 heterocycles. The van der Waals surface area contributed by atoms with Crippen molar-refractivity contribution in [3.05, 3.63) is 35.0 Å². The Balaban J connectivity index is 2.49. The lowest BCUT2D eigenvalue weighted by Crippen LogP contribution is -2.28. The minimum atomic E-state index is -0.115. The maximum Gasteiger partial charge on any atom is 0.239 e. The van der Waals surface area contributed by atoms with Crippen LogP contribution in [0.25, 0.3) is 0 Å². The Morgan fingerprint density at radius 2 is 2.38 bits per heavy atom. The average molecular weight is 284 g/mol. The van der Waals surface area contributed by atoms with Crippen molar-refractivity contribution in [1.82, 2.24) is 10.3 Å². The van der Waals surface area contributed by atoms with E-state index in [1.807, 2.05) is 13.0 Å². The Bertz CT molecular complexity index is 393. The van der Waals surface area contributed by atoms with Gasteiger partial charge in [0.15, 0.2) is 0 Å². The summed E-state index contributed by atoms with van der Waals surface area (Å²) in [5, 5.41) is 5.62. The standard InChI is InChI=1S/C11H14BrN3O/c1-3-6-13-7-11(16)15-10-5-4-9(12)8(2)14-10/h3-5,13H,1,6-7H2,2H3,(H,14,15,16). The van der Waals surface area contributed by atoms with E-state index in [-0.39, 0.29) is 12.5 Å². The van der Waals surface area contributed by atoms with Crippen LogP contribution in [0.1, 0.15) is 5.69 Å². The summed E-state index contributed by atoms with van der Waals surface area (Å²) in [6, 6.07) is 3.61. The van der Waals surface area contributed by atoms with Crippen LogP contribution in [0.15, 0.2) is 29.3 Å². The second kappa shape index (κ2) is 6.40. The van der Waals surface area contributed by atoms with Crippen LogP contribution in [0, 0.1) is 6.92 Å². The van der Waals surface area contributed by atoms with Crippen molar-refractivity contribution in [2.24, 2.45) is 0 Å². The predicted molar refractivity (Wildman–Crippen MR) is 68.4 cm³/mol. The van der Waals surface area contributed by atoms with E-state index in [0.717, 1.165) is 10.2 Å². The fraction of sp³-hybridized carbons (Fsp3) is 0.273. The van der Waals surface area contributed by atoms with Crippen LogP contribution < -0.4 is 10.6 Å². The number of pyridine rings is 1. The van der Waals surface area contributed by atoms with E-state index in [4.69, 9.17) is 0 Å². The highest BCUT2D eigenvalue weighted by molar-refractivity contribution is 9.10. The molecule has 1 aromatic rings. The molecule has 0 bridgehead atoms. The van der Waals surface area contributed by atoms with Gasteiger partial charge in [0.1, 0.15) is 5.82 Å². The Morgan fingerprint density at radius 1 is 1.62 bits per heavy atom. The number of nitrogens with zero attached hydrogens (tertiary/aromatic N) is 1. The van der Waals surface area contributed by atoms with Gasteiger partial charge in [-0.3, -0.25) is 4.79 Å². The number of carbonyl (C=O) groups is 1. The van der Waals surface area contributed by atoms with Gasteiger partial charge in [0.25, 0.3) is 0 Å². The summed E-state index contributed by atoms with van der Waals surface area (Å²) in [5.74, 6) is 0.446. The molecule has 0 atom stereocenters. The van der Waals surface area contributed by atoms with Crippen molar-refractivity contribution in [1.29, 1.82) is 0 Å². The predicted octanol–water partition coefficient (Wildman–Crippen LogP) is 1.87. The van der Waals surface area contributed by atoms with Crippen LogP contribution in [-0.2, 0) is 4.79 Å². The highest BCUT2D eigenvalue weighted by atomic mass is 79.9. The molecule has 0 radical (unpaired) electrons. The number of anilines is 1. The third kappa shape index (κ3) is 4.12. The zero-order chi connectivity index (χ0) is 12.0. The quantitative estimate of drug-likeness (QED) is 0.641. The maximum atomic E-state index is 11.4. The first-order valence-electron chi connectivity index (χ1n) is 4.88. The van der Waals surface area contributed by atoms with Gasteiger partial charge in [-0.15, -0.1) is 6.58 Å². The fourth-order valence-corrected chi connectivity index (χ4v) is 1.31. The number of amides is 1. The molecule has 0 aliphatic carbocycles. The number of aromatic nitrogens is 1. The molecule has 86 valence electrons. The summed E-state index contributed by atoms with van der Waals surface area (Å²) in [5.41, 5.74) is 0.844. The molecule has 0 unspecified atom stereocenters. The number of halogens is 1. The molecule has 0 fully saturated rings. The molecule has 5 heteroatoms. The molecule has 1 aromatic heterocycles. The normalized spacial score (nSPS) is 9.88. The lowest BCUT2D eigenvalue weighted by molar-refractivity contribution is -0.115. The molecule has 1 rings (SSSR count). The van der Waals surface area contributed by atoms with E-state index in [0.29, 0.717) is 12.4 Å². The van der Waals surface area contributed by atoms with Crippen molar-refractivity contribution in [3.63, 3.8) is 0 Å². The largest absolute Gasteiger partial charge is 0.310 e. The molecule has 0 aliphatic heterocycles. The van der Waals surface area contributed by atoms with Gasteiger partial charge >= 0.3 is 0 Å². The first-order valence-corrected chi connectivity index (χ1v) is 5.67. The Morgan fingerprint density at radius 3 is 3.00 bits per heavy atom. The first kappa shape index (κ1) is 12.9. The summed E-state index contributed by atoms with van der Waals surface area (Å²) >= 11 is 3.35. The van der Waals surface area contributed by atoms with Crippen LogP contribution in [0.2, 0.25) is 0 Å². The molecule has 0 saturated carbocycles. The van der Waals surface area contributed by atoms with Crippen LogP contribution >= 0.6 is 15.9 Å². The van der Waals surface area contributed by atoms with Crippen LogP contribution in [-0.4, -0.2) is 24.0 Å².